The van der Waals surface area contributed by atoms with E-state index >= 15 is 0 Å². The van der Waals surface area contributed by atoms with E-state index in [-0.39, 0.29) is 17.9 Å². The summed E-state index contributed by atoms with van der Waals surface area (Å²) in [4.78, 5) is 12.4. The average molecular weight is 338 g/mol. The lowest BCUT2D eigenvalue weighted by Crippen LogP contribution is -2.43. The predicted octanol–water partition coefficient (Wildman–Crippen LogP) is 2.10. The largest absolute Gasteiger partial charge is 0.349 e. The summed E-state index contributed by atoms with van der Waals surface area (Å²) in [5, 5.41) is 3.05. The second-order valence-corrected chi connectivity index (χ2v) is 8.24. The highest BCUT2D eigenvalue weighted by atomic mass is 32.2. The molecule has 128 valence electrons. The van der Waals surface area contributed by atoms with Crippen LogP contribution in [0.15, 0.2) is 24.3 Å². The van der Waals surface area contributed by atoms with Crippen molar-refractivity contribution < 1.29 is 13.2 Å². The maximum atomic E-state index is 12.4. The van der Waals surface area contributed by atoms with Gasteiger partial charge in [-0.05, 0) is 37.3 Å². The Morgan fingerprint density at radius 3 is 2.30 bits per heavy atom. The quantitative estimate of drug-likeness (QED) is 0.894. The number of carbonyl (C=O) groups excluding carboxylic acids is 1. The third kappa shape index (κ3) is 4.78. The first kappa shape index (κ1) is 17.9. The fourth-order valence-electron chi connectivity index (χ4n) is 2.91. The number of hydrogen-bond acceptors (Lipinski definition) is 3. The van der Waals surface area contributed by atoms with Gasteiger partial charge in [0, 0.05) is 19.0 Å². The molecule has 2 rings (SSSR count). The summed E-state index contributed by atoms with van der Waals surface area (Å²) in [5.41, 5.74) is 2.37. The first-order chi connectivity index (χ1) is 10.8. The minimum absolute atomic E-state index is 0.0187. The van der Waals surface area contributed by atoms with Crippen molar-refractivity contribution in [2.45, 2.75) is 39.2 Å². The number of benzene rings is 1. The van der Waals surface area contributed by atoms with Crippen molar-refractivity contribution >= 4 is 15.9 Å². The zero-order valence-corrected chi connectivity index (χ0v) is 14.9. The van der Waals surface area contributed by atoms with Crippen LogP contribution in [0.25, 0.3) is 0 Å². The number of sulfonamides is 1. The lowest BCUT2D eigenvalue weighted by Gasteiger charge is -2.30. The van der Waals surface area contributed by atoms with Gasteiger partial charge in [0.2, 0.25) is 15.9 Å². The van der Waals surface area contributed by atoms with Crippen LogP contribution in [0, 0.1) is 5.92 Å². The van der Waals surface area contributed by atoms with Gasteiger partial charge in [-0.25, -0.2) is 12.7 Å². The summed E-state index contributed by atoms with van der Waals surface area (Å²) >= 11 is 0. The number of nitrogens with one attached hydrogen (secondary N) is 1. The molecule has 1 saturated heterocycles. The molecule has 0 radical (unpaired) electrons. The fourth-order valence-corrected chi connectivity index (χ4v) is 3.78. The Labute approximate surface area is 139 Å². The van der Waals surface area contributed by atoms with Crippen LogP contribution < -0.4 is 5.32 Å². The molecule has 1 fully saturated rings. The maximum Gasteiger partial charge on any atom is 0.223 e. The van der Waals surface area contributed by atoms with E-state index in [0.29, 0.717) is 25.9 Å². The molecule has 0 bridgehead atoms. The van der Waals surface area contributed by atoms with Gasteiger partial charge in [0.1, 0.15) is 0 Å². The molecule has 1 aliphatic heterocycles. The predicted molar refractivity (Wildman–Crippen MR) is 91.5 cm³/mol. The Balaban J connectivity index is 1.89. The van der Waals surface area contributed by atoms with Crippen LogP contribution >= 0.6 is 0 Å². The number of carbonyl (C=O) groups is 1. The molecule has 0 aliphatic carbocycles. The third-order valence-corrected chi connectivity index (χ3v) is 5.84. The van der Waals surface area contributed by atoms with Crippen molar-refractivity contribution in [2.75, 3.05) is 19.3 Å². The number of aryl methyl sites for hydroxylation is 1. The van der Waals surface area contributed by atoms with Gasteiger partial charge in [0.05, 0.1) is 12.3 Å². The molecule has 0 unspecified atom stereocenters. The zero-order valence-electron chi connectivity index (χ0n) is 14.1. The monoisotopic (exact) mass is 338 g/mol. The molecule has 1 aromatic carbocycles. The van der Waals surface area contributed by atoms with Crippen LogP contribution in [0.4, 0.5) is 0 Å². The molecule has 5 nitrogen and oxygen atoms in total. The smallest absolute Gasteiger partial charge is 0.223 e. The van der Waals surface area contributed by atoms with Crippen molar-refractivity contribution in [3.63, 3.8) is 0 Å². The normalized spacial score (nSPS) is 18.6. The van der Waals surface area contributed by atoms with E-state index in [2.05, 4.69) is 36.5 Å². The number of piperidine rings is 1. The van der Waals surface area contributed by atoms with Crippen molar-refractivity contribution in [3.8, 4) is 0 Å². The summed E-state index contributed by atoms with van der Waals surface area (Å²) in [6.45, 7) is 4.94. The summed E-state index contributed by atoms with van der Waals surface area (Å²) in [5.74, 6) is -0.0874. The molecule has 6 heteroatoms. The van der Waals surface area contributed by atoms with Gasteiger partial charge in [-0.15, -0.1) is 0 Å². The van der Waals surface area contributed by atoms with Crippen LogP contribution in [0.2, 0.25) is 0 Å². The molecular formula is C17H26N2O3S. The van der Waals surface area contributed by atoms with E-state index in [9.17, 15) is 13.2 Å². The van der Waals surface area contributed by atoms with Crippen LogP contribution in [0.3, 0.4) is 0 Å². The number of hydrogen-bond donors (Lipinski definition) is 1. The average Bonchev–Trinajstić information content (AvgIpc) is 2.54. The molecule has 1 heterocycles. The highest BCUT2D eigenvalue weighted by Gasteiger charge is 2.29. The van der Waals surface area contributed by atoms with Crippen molar-refractivity contribution in [3.05, 3.63) is 35.4 Å². The molecule has 1 N–H and O–H groups in total. The van der Waals surface area contributed by atoms with Gasteiger partial charge in [-0.1, -0.05) is 31.2 Å². The van der Waals surface area contributed by atoms with Crippen molar-refractivity contribution in [1.29, 1.82) is 0 Å². The minimum atomic E-state index is -3.15. The van der Waals surface area contributed by atoms with E-state index in [1.165, 1.54) is 16.1 Å². The van der Waals surface area contributed by atoms with Crippen molar-refractivity contribution in [2.24, 2.45) is 5.92 Å². The van der Waals surface area contributed by atoms with Crippen LogP contribution in [0.5, 0.6) is 0 Å². The number of amides is 1. The van der Waals surface area contributed by atoms with Crippen molar-refractivity contribution in [1.82, 2.24) is 9.62 Å². The topological polar surface area (TPSA) is 66.5 Å². The van der Waals surface area contributed by atoms with E-state index in [1.807, 2.05) is 6.92 Å². The molecule has 0 saturated carbocycles. The Bertz CT molecular complexity index is 632. The van der Waals surface area contributed by atoms with Gasteiger partial charge < -0.3 is 5.32 Å². The van der Waals surface area contributed by atoms with Crippen LogP contribution in [-0.2, 0) is 21.2 Å². The molecule has 1 amide bonds. The van der Waals surface area contributed by atoms with Crippen LogP contribution in [-0.4, -0.2) is 38.0 Å². The fraction of sp³-hybridized carbons (Fsp3) is 0.588. The number of nitrogens with zero attached hydrogens (tertiary/aromatic N) is 1. The highest BCUT2D eigenvalue weighted by molar-refractivity contribution is 7.88. The summed E-state index contributed by atoms with van der Waals surface area (Å²) in [7, 11) is -3.15. The first-order valence-corrected chi connectivity index (χ1v) is 10.0. The summed E-state index contributed by atoms with van der Waals surface area (Å²) in [6.07, 6.45) is 3.39. The molecule has 1 aromatic rings. The molecule has 0 spiro atoms. The van der Waals surface area contributed by atoms with Gasteiger partial charge >= 0.3 is 0 Å². The summed E-state index contributed by atoms with van der Waals surface area (Å²) in [6, 6.07) is 8.23. The Morgan fingerprint density at radius 1 is 1.26 bits per heavy atom. The Kier molecular flexibility index (Phi) is 5.81. The zero-order chi connectivity index (χ0) is 17.0. The second-order valence-electron chi connectivity index (χ2n) is 6.26. The molecule has 23 heavy (non-hydrogen) atoms. The molecule has 0 aromatic heterocycles. The van der Waals surface area contributed by atoms with E-state index < -0.39 is 10.0 Å². The first-order valence-electron chi connectivity index (χ1n) is 8.15. The van der Waals surface area contributed by atoms with Gasteiger partial charge in [-0.3, -0.25) is 4.79 Å². The van der Waals surface area contributed by atoms with Gasteiger partial charge in [-0.2, -0.15) is 0 Å². The van der Waals surface area contributed by atoms with Gasteiger partial charge in [0.15, 0.2) is 0 Å². The third-order valence-electron chi connectivity index (χ3n) is 4.54. The van der Waals surface area contributed by atoms with Crippen LogP contribution in [0.1, 0.15) is 43.9 Å². The SMILES string of the molecule is CCc1ccc([C@H](C)NC(=O)C2CCN(S(C)(=O)=O)CC2)cc1. The highest BCUT2D eigenvalue weighted by Crippen LogP contribution is 2.21. The Morgan fingerprint density at radius 2 is 1.83 bits per heavy atom. The molecular weight excluding hydrogens is 312 g/mol. The Hall–Kier alpha value is -1.40. The van der Waals surface area contributed by atoms with E-state index in [4.69, 9.17) is 0 Å². The minimum Gasteiger partial charge on any atom is -0.349 e. The van der Waals surface area contributed by atoms with Gasteiger partial charge in [0.25, 0.3) is 0 Å². The lowest BCUT2D eigenvalue weighted by atomic mass is 9.96. The second kappa shape index (κ2) is 7.45. The lowest BCUT2D eigenvalue weighted by molar-refractivity contribution is -0.126. The standard InChI is InChI=1S/C17H26N2O3S/c1-4-14-5-7-15(8-6-14)13(2)18-17(20)16-9-11-19(12-10-16)23(3,21)22/h5-8,13,16H,4,9-12H2,1-3H3,(H,18,20)/t13-/m0/s1. The molecule has 1 atom stereocenters. The van der Waals surface area contributed by atoms with E-state index in [0.717, 1.165) is 12.0 Å². The maximum absolute atomic E-state index is 12.4. The number of rotatable bonds is 5. The molecule has 1 aliphatic rings. The van der Waals surface area contributed by atoms with E-state index in [1.54, 1.807) is 0 Å². The summed E-state index contributed by atoms with van der Waals surface area (Å²) < 4.78 is 24.5.